The van der Waals surface area contributed by atoms with Crippen LogP contribution < -0.4 is 16.2 Å². The van der Waals surface area contributed by atoms with E-state index in [2.05, 4.69) is 14.9 Å². The molecule has 4 atom stereocenters. The molecule has 8 nitrogen and oxygen atoms in total. The molecule has 8 rings (SSSR count). The number of piperidine rings is 1. The molecule has 0 amide bonds. The van der Waals surface area contributed by atoms with E-state index >= 15 is 0 Å². The van der Waals surface area contributed by atoms with Crippen molar-refractivity contribution in [1.29, 1.82) is 0 Å². The smallest absolute Gasteiger partial charge is 0.191 e. The molecule has 3 aromatic rings. The number of hydrogen-bond donors (Lipinski definition) is 5. The van der Waals surface area contributed by atoms with E-state index in [1.54, 1.807) is 6.07 Å². The molecule has 3 heterocycles. The van der Waals surface area contributed by atoms with Crippen LogP contribution >= 0.6 is 0 Å². The number of nitrogens with zero attached hydrogens (tertiary/aromatic N) is 2. The lowest BCUT2D eigenvalue weighted by molar-refractivity contribution is -0.173. The lowest BCUT2D eigenvalue weighted by Gasteiger charge is -2.62. The molecule has 8 heteroatoms. The van der Waals surface area contributed by atoms with Gasteiger partial charge in [0.1, 0.15) is 0 Å². The van der Waals surface area contributed by atoms with Gasteiger partial charge in [0.2, 0.25) is 0 Å². The Labute approximate surface area is 202 Å². The van der Waals surface area contributed by atoms with Gasteiger partial charge in [-0.1, -0.05) is 6.07 Å². The first-order valence-electron chi connectivity index (χ1n) is 12.6. The molecule has 1 saturated heterocycles. The zero-order valence-corrected chi connectivity index (χ0v) is 19.4. The highest BCUT2D eigenvalue weighted by molar-refractivity contribution is 5.90. The number of ether oxygens (including phenoxy) is 1. The Morgan fingerprint density at radius 1 is 1.23 bits per heavy atom. The largest absolute Gasteiger partial charge is 0.504 e. The van der Waals surface area contributed by atoms with E-state index in [1.807, 2.05) is 24.3 Å². The number of phenols is 1. The number of aromatic hydroxyl groups is 1. The first-order valence-corrected chi connectivity index (χ1v) is 12.6. The number of phenolic OH excluding ortho intramolecular Hbond substituents is 1. The molecule has 1 aromatic heterocycles. The Kier molecular flexibility index (Phi) is 3.60. The molecule has 7 N–H and O–H groups in total. The summed E-state index contributed by atoms with van der Waals surface area (Å²) < 4.78 is 6.63. The van der Waals surface area contributed by atoms with Crippen LogP contribution in [0, 0.1) is 5.92 Å². The Morgan fingerprint density at radius 2 is 2.09 bits per heavy atom. The number of aromatic amines is 1. The fraction of sp³-hybridized carbons (Fsp3) is 0.444. The number of guanidine groups is 1. The van der Waals surface area contributed by atoms with Crippen molar-refractivity contribution < 1.29 is 14.9 Å². The number of aliphatic hydroxyl groups is 1. The quantitative estimate of drug-likeness (QED) is 0.294. The van der Waals surface area contributed by atoms with Gasteiger partial charge < -0.3 is 31.4 Å². The van der Waals surface area contributed by atoms with Crippen LogP contribution in [-0.2, 0) is 18.3 Å². The standard InChI is InChI=1S/C27H29N5O3/c28-25(29)30-15-4-5-18-16(10-15)17-11-27(34)20-9-14-3-6-19(33)23-21(14)26(27,24(35-23)22(17)31-18)7-8-32(20)12-13-1-2-13/h3-6,10,13,20,24,31,33-34H,1-2,7-9,11-12H2,(H4,28,29,30)/t20?,24?,26?,27-/m1/s1. The number of fused-ring (bicyclic) bond motifs is 4. The second-order valence-corrected chi connectivity index (χ2v) is 11.2. The summed E-state index contributed by atoms with van der Waals surface area (Å²) in [6, 6.07) is 9.64. The van der Waals surface area contributed by atoms with Gasteiger partial charge in [-0.3, -0.25) is 4.90 Å². The number of aromatic nitrogens is 1. The summed E-state index contributed by atoms with van der Waals surface area (Å²) in [4.78, 5) is 10.4. The van der Waals surface area contributed by atoms with Crippen molar-refractivity contribution in [2.75, 3.05) is 13.1 Å². The van der Waals surface area contributed by atoms with Crippen LogP contribution in [0.15, 0.2) is 35.3 Å². The minimum atomic E-state index is -1.01. The predicted octanol–water partition coefficient (Wildman–Crippen LogP) is 2.48. The summed E-state index contributed by atoms with van der Waals surface area (Å²) in [7, 11) is 0. The van der Waals surface area contributed by atoms with Crippen LogP contribution in [0.5, 0.6) is 11.5 Å². The average Bonchev–Trinajstić information content (AvgIpc) is 3.46. The molecule has 35 heavy (non-hydrogen) atoms. The van der Waals surface area contributed by atoms with Crippen molar-refractivity contribution >= 4 is 22.5 Å². The summed E-state index contributed by atoms with van der Waals surface area (Å²) >= 11 is 0. The highest BCUT2D eigenvalue weighted by Gasteiger charge is 2.72. The van der Waals surface area contributed by atoms with Crippen LogP contribution in [0.25, 0.3) is 10.9 Å². The van der Waals surface area contributed by atoms with Crippen LogP contribution in [0.1, 0.15) is 47.8 Å². The molecule has 0 radical (unpaired) electrons. The highest BCUT2D eigenvalue weighted by Crippen LogP contribution is 2.69. The van der Waals surface area contributed by atoms with Crippen molar-refractivity contribution in [3.63, 3.8) is 0 Å². The third-order valence-electron chi connectivity index (χ3n) is 9.40. The maximum Gasteiger partial charge on any atom is 0.191 e. The number of hydrogen-bond acceptors (Lipinski definition) is 5. The Hall–Kier alpha value is -3.23. The maximum absolute atomic E-state index is 12.9. The van der Waals surface area contributed by atoms with E-state index < -0.39 is 11.0 Å². The highest BCUT2D eigenvalue weighted by atomic mass is 16.5. The van der Waals surface area contributed by atoms with E-state index in [1.165, 1.54) is 18.4 Å². The Morgan fingerprint density at radius 3 is 2.89 bits per heavy atom. The van der Waals surface area contributed by atoms with E-state index in [-0.39, 0.29) is 23.9 Å². The third kappa shape index (κ3) is 2.37. The molecule has 5 aliphatic rings. The Balaban J connectivity index is 1.38. The topological polar surface area (TPSA) is 133 Å². The lowest BCUT2D eigenvalue weighted by Crippen LogP contribution is -2.74. The van der Waals surface area contributed by atoms with E-state index in [0.717, 1.165) is 59.6 Å². The molecule has 2 bridgehead atoms. The van der Waals surface area contributed by atoms with Gasteiger partial charge in [-0.15, -0.1) is 0 Å². The second kappa shape index (κ2) is 6.30. The first kappa shape index (κ1) is 20.0. The monoisotopic (exact) mass is 471 g/mol. The average molecular weight is 472 g/mol. The SMILES string of the molecule is NC(N)=Nc1ccc2[nH]c3c(c2c1)C[C@@]1(O)C2Cc4ccc(O)c5c4C1(CCN2CC1CC1)C3O5. The number of benzene rings is 2. The van der Waals surface area contributed by atoms with Gasteiger partial charge in [0, 0.05) is 35.5 Å². The lowest BCUT2D eigenvalue weighted by atomic mass is 9.49. The number of nitrogens with two attached hydrogens (primary N) is 2. The summed E-state index contributed by atoms with van der Waals surface area (Å²) in [6.45, 7) is 1.98. The minimum Gasteiger partial charge on any atom is -0.504 e. The van der Waals surface area contributed by atoms with Gasteiger partial charge in [-0.25, -0.2) is 4.99 Å². The number of rotatable bonds is 3. The summed E-state index contributed by atoms with van der Waals surface area (Å²) in [5, 5.41) is 24.7. The van der Waals surface area contributed by atoms with Crippen molar-refractivity contribution in [3.05, 3.63) is 52.7 Å². The zero-order chi connectivity index (χ0) is 23.7. The van der Waals surface area contributed by atoms with Crippen LogP contribution in [0.2, 0.25) is 0 Å². The van der Waals surface area contributed by atoms with Gasteiger partial charge in [0.25, 0.3) is 0 Å². The maximum atomic E-state index is 12.9. The number of aliphatic imine (C=N–C) groups is 1. The van der Waals surface area contributed by atoms with Gasteiger partial charge in [-0.2, -0.15) is 0 Å². The molecule has 180 valence electrons. The van der Waals surface area contributed by atoms with Crippen LogP contribution in [0.4, 0.5) is 5.69 Å². The van der Waals surface area contributed by atoms with Crippen LogP contribution in [-0.4, -0.2) is 50.8 Å². The predicted molar refractivity (Wildman–Crippen MR) is 132 cm³/mol. The molecule has 2 fully saturated rings. The van der Waals surface area contributed by atoms with Crippen molar-refractivity contribution in [2.45, 2.75) is 55.3 Å². The molecular formula is C27H29N5O3. The number of likely N-dealkylation sites (tertiary alicyclic amines) is 1. The molecule has 3 unspecified atom stereocenters. The number of nitrogens with one attached hydrogen (secondary N) is 1. The third-order valence-corrected chi connectivity index (χ3v) is 9.40. The molecule has 2 aromatic carbocycles. The van der Waals surface area contributed by atoms with Gasteiger partial charge in [0.05, 0.1) is 22.4 Å². The fourth-order valence-electron chi connectivity index (χ4n) is 7.83. The van der Waals surface area contributed by atoms with E-state index in [4.69, 9.17) is 16.2 Å². The van der Waals surface area contributed by atoms with Gasteiger partial charge >= 0.3 is 0 Å². The molecule has 2 aliphatic heterocycles. The second-order valence-electron chi connectivity index (χ2n) is 11.2. The van der Waals surface area contributed by atoms with Crippen molar-refractivity contribution in [1.82, 2.24) is 9.88 Å². The van der Waals surface area contributed by atoms with Crippen molar-refractivity contribution in [3.8, 4) is 11.5 Å². The Bertz CT molecular complexity index is 1450. The van der Waals surface area contributed by atoms with E-state index in [9.17, 15) is 10.2 Å². The van der Waals surface area contributed by atoms with Gasteiger partial charge in [0.15, 0.2) is 23.6 Å². The van der Waals surface area contributed by atoms with Gasteiger partial charge in [-0.05, 0) is 73.5 Å². The van der Waals surface area contributed by atoms with Crippen molar-refractivity contribution in [2.24, 2.45) is 22.4 Å². The molecule has 1 spiro atoms. The summed E-state index contributed by atoms with van der Waals surface area (Å²) in [6.07, 6.45) is 4.27. The summed E-state index contributed by atoms with van der Waals surface area (Å²) in [5.74, 6) is 1.46. The minimum absolute atomic E-state index is 0.00457. The number of H-pyrrole nitrogens is 1. The zero-order valence-electron chi connectivity index (χ0n) is 19.4. The fourth-order valence-corrected chi connectivity index (χ4v) is 7.83. The summed E-state index contributed by atoms with van der Waals surface area (Å²) in [5.41, 5.74) is 15.6. The normalized spacial score (nSPS) is 32.1. The molecular weight excluding hydrogens is 442 g/mol. The van der Waals surface area contributed by atoms with E-state index in [0.29, 0.717) is 17.9 Å². The molecule has 3 aliphatic carbocycles. The van der Waals surface area contributed by atoms with Crippen LogP contribution in [0.3, 0.4) is 0 Å². The molecule has 1 saturated carbocycles. The first-order chi connectivity index (χ1) is 16.9.